The summed E-state index contributed by atoms with van der Waals surface area (Å²) >= 11 is 0. The summed E-state index contributed by atoms with van der Waals surface area (Å²) in [6.45, 7) is 3.56. The minimum absolute atomic E-state index is 0.0811. The van der Waals surface area contributed by atoms with Crippen LogP contribution in [0.4, 0.5) is 0 Å². The number of nitrogens with one attached hydrogen (secondary N) is 1. The van der Waals surface area contributed by atoms with Crippen LogP contribution in [0.1, 0.15) is 28.8 Å². The molecule has 0 spiro atoms. The molecule has 0 unspecified atom stereocenters. The Balaban J connectivity index is 1.65. The molecule has 6 heteroatoms. The summed E-state index contributed by atoms with van der Waals surface area (Å²) in [5.41, 5.74) is 2.61. The Labute approximate surface area is 134 Å². The van der Waals surface area contributed by atoms with Crippen molar-refractivity contribution >= 4 is 16.8 Å². The summed E-state index contributed by atoms with van der Waals surface area (Å²) in [6, 6.07) is 6.10. The second-order valence-electron chi connectivity index (χ2n) is 6.17. The van der Waals surface area contributed by atoms with Crippen molar-refractivity contribution in [3.05, 3.63) is 47.9 Å². The Bertz CT molecular complexity index is 836. The van der Waals surface area contributed by atoms with E-state index >= 15 is 0 Å². The molecule has 1 amide bonds. The summed E-state index contributed by atoms with van der Waals surface area (Å²) in [5.74, 6) is 0.0811. The van der Waals surface area contributed by atoms with Crippen molar-refractivity contribution in [1.29, 1.82) is 0 Å². The number of aryl methyl sites for hydroxylation is 1. The standard InChI is InChI=1S/C17H19N5O/c1-12-8-13-10-18-20-16(13)15(9-12)17(23)22-7-2-4-14(22)11-21-6-3-5-19-21/h3,5-6,8-10,14H,2,4,7,11H2,1H3,(H,18,20)/t14-/m0/s1. The number of nitrogens with zero attached hydrogens (tertiary/aromatic N) is 4. The number of fused-ring (bicyclic) bond motifs is 1. The van der Waals surface area contributed by atoms with E-state index in [0.717, 1.165) is 42.4 Å². The summed E-state index contributed by atoms with van der Waals surface area (Å²) in [4.78, 5) is 15.1. The van der Waals surface area contributed by atoms with Gasteiger partial charge < -0.3 is 4.90 Å². The molecule has 1 aliphatic heterocycles. The normalized spacial score (nSPS) is 18.0. The Morgan fingerprint density at radius 3 is 3.17 bits per heavy atom. The number of benzene rings is 1. The molecule has 4 rings (SSSR count). The molecule has 6 nitrogen and oxygen atoms in total. The number of aromatic nitrogens is 4. The molecule has 1 saturated heterocycles. The maximum atomic E-state index is 13.1. The third-order valence-corrected chi connectivity index (χ3v) is 4.52. The van der Waals surface area contributed by atoms with Crippen LogP contribution in [0.2, 0.25) is 0 Å². The highest BCUT2D eigenvalue weighted by Gasteiger charge is 2.31. The molecular weight excluding hydrogens is 290 g/mol. The summed E-state index contributed by atoms with van der Waals surface area (Å²) in [7, 11) is 0. The topological polar surface area (TPSA) is 66.8 Å². The minimum Gasteiger partial charge on any atom is -0.334 e. The SMILES string of the molecule is Cc1cc(C(=O)N2CCC[C@H]2Cn2cccn2)c2[nH]ncc2c1. The van der Waals surface area contributed by atoms with E-state index in [4.69, 9.17) is 0 Å². The zero-order valence-electron chi connectivity index (χ0n) is 13.1. The Kier molecular flexibility index (Phi) is 3.37. The van der Waals surface area contributed by atoms with Gasteiger partial charge in [-0.05, 0) is 43.5 Å². The number of H-pyrrole nitrogens is 1. The number of carbonyl (C=O) groups is 1. The predicted molar refractivity (Wildman–Crippen MR) is 87.1 cm³/mol. The number of hydrogen-bond acceptors (Lipinski definition) is 3. The average Bonchev–Trinajstić information content (AvgIpc) is 3.26. The van der Waals surface area contributed by atoms with Crippen molar-refractivity contribution in [1.82, 2.24) is 24.9 Å². The lowest BCUT2D eigenvalue weighted by molar-refractivity contribution is 0.0723. The first kappa shape index (κ1) is 14.0. The maximum Gasteiger partial charge on any atom is 0.256 e. The molecule has 2 aromatic heterocycles. The average molecular weight is 309 g/mol. The molecule has 0 bridgehead atoms. The number of rotatable bonds is 3. The van der Waals surface area contributed by atoms with Crippen molar-refractivity contribution in [3.8, 4) is 0 Å². The molecule has 3 heterocycles. The fourth-order valence-corrected chi connectivity index (χ4v) is 3.45. The molecule has 0 saturated carbocycles. The first-order valence-electron chi connectivity index (χ1n) is 7.94. The molecule has 1 fully saturated rings. The van der Waals surface area contributed by atoms with E-state index in [-0.39, 0.29) is 11.9 Å². The van der Waals surface area contributed by atoms with E-state index in [0.29, 0.717) is 5.56 Å². The highest BCUT2D eigenvalue weighted by molar-refractivity contribution is 6.05. The van der Waals surface area contributed by atoms with E-state index in [1.807, 2.05) is 40.9 Å². The van der Waals surface area contributed by atoms with Gasteiger partial charge in [-0.25, -0.2) is 0 Å². The van der Waals surface area contributed by atoms with Crippen molar-refractivity contribution in [2.24, 2.45) is 0 Å². The van der Waals surface area contributed by atoms with Gasteiger partial charge in [0.05, 0.1) is 29.9 Å². The molecular formula is C17H19N5O. The number of amides is 1. The number of aromatic amines is 1. The molecule has 23 heavy (non-hydrogen) atoms. The minimum atomic E-state index is 0.0811. The summed E-state index contributed by atoms with van der Waals surface area (Å²) in [6.07, 6.45) is 7.54. The Hall–Kier alpha value is -2.63. The highest BCUT2D eigenvalue weighted by atomic mass is 16.2. The molecule has 0 radical (unpaired) electrons. The zero-order valence-corrected chi connectivity index (χ0v) is 13.1. The van der Waals surface area contributed by atoms with Crippen LogP contribution in [-0.2, 0) is 6.54 Å². The zero-order chi connectivity index (χ0) is 15.8. The predicted octanol–water partition coefficient (Wildman–Crippen LogP) is 2.37. The highest BCUT2D eigenvalue weighted by Crippen LogP contribution is 2.25. The van der Waals surface area contributed by atoms with Crippen molar-refractivity contribution < 1.29 is 4.79 Å². The van der Waals surface area contributed by atoms with Gasteiger partial charge in [-0.2, -0.15) is 10.2 Å². The summed E-state index contributed by atoms with van der Waals surface area (Å²) < 4.78 is 1.90. The van der Waals surface area contributed by atoms with Gasteiger partial charge in [-0.15, -0.1) is 0 Å². The first-order chi connectivity index (χ1) is 11.2. The van der Waals surface area contributed by atoms with Gasteiger partial charge >= 0.3 is 0 Å². The van der Waals surface area contributed by atoms with Gasteiger partial charge in [0, 0.05) is 24.3 Å². The molecule has 1 N–H and O–H groups in total. The van der Waals surface area contributed by atoms with Gasteiger partial charge in [0.1, 0.15) is 0 Å². The molecule has 3 aromatic rings. The van der Waals surface area contributed by atoms with E-state index in [1.165, 1.54) is 0 Å². The molecule has 118 valence electrons. The second-order valence-corrected chi connectivity index (χ2v) is 6.17. The largest absolute Gasteiger partial charge is 0.334 e. The van der Waals surface area contributed by atoms with Crippen LogP contribution < -0.4 is 0 Å². The fraction of sp³-hybridized carbons (Fsp3) is 0.353. The first-order valence-corrected chi connectivity index (χ1v) is 7.94. The second kappa shape index (κ2) is 5.53. The number of carbonyl (C=O) groups excluding carboxylic acids is 1. The molecule has 0 aliphatic carbocycles. The van der Waals surface area contributed by atoms with E-state index < -0.39 is 0 Å². The van der Waals surface area contributed by atoms with Gasteiger partial charge in [0.15, 0.2) is 0 Å². The Morgan fingerprint density at radius 2 is 2.35 bits per heavy atom. The maximum absolute atomic E-state index is 13.1. The Morgan fingerprint density at radius 1 is 1.43 bits per heavy atom. The number of likely N-dealkylation sites (tertiary alicyclic amines) is 1. The quantitative estimate of drug-likeness (QED) is 0.807. The third kappa shape index (κ3) is 2.50. The van der Waals surface area contributed by atoms with E-state index in [1.54, 1.807) is 12.4 Å². The third-order valence-electron chi connectivity index (χ3n) is 4.52. The van der Waals surface area contributed by atoms with Crippen LogP contribution >= 0.6 is 0 Å². The van der Waals surface area contributed by atoms with Crippen LogP contribution in [0.5, 0.6) is 0 Å². The van der Waals surface area contributed by atoms with Crippen LogP contribution in [0.25, 0.3) is 10.9 Å². The lowest BCUT2D eigenvalue weighted by atomic mass is 10.1. The molecule has 1 aromatic carbocycles. The lowest BCUT2D eigenvalue weighted by Crippen LogP contribution is -2.38. The lowest BCUT2D eigenvalue weighted by Gasteiger charge is -2.25. The van der Waals surface area contributed by atoms with Crippen molar-refractivity contribution in [2.75, 3.05) is 6.54 Å². The van der Waals surface area contributed by atoms with Crippen LogP contribution in [0.15, 0.2) is 36.8 Å². The molecule has 1 aliphatic rings. The van der Waals surface area contributed by atoms with E-state index in [2.05, 4.69) is 15.3 Å². The fourth-order valence-electron chi connectivity index (χ4n) is 3.45. The van der Waals surface area contributed by atoms with Gasteiger partial charge in [-0.1, -0.05) is 0 Å². The van der Waals surface area contributed by atoms with Gasteiger partial charge in [0.2, 0.25) is 0 Å². The molecule has 1 atom stereocenters. The summed E-state index contributed by atoms with van der Waals surface area (Å²) in [5, 5.41) is 12.3. The smallest absolute Gasteiger partial charge is 0.256 e. The monoisotopic (exact) mass is 309 g/mol. The van der Waals surface area contributed by atoms with Crippen LogP contribution in [0.3, 0.4) is 0 Å². The van der Waals surface area contributed by atoms with Gasteiger partial charge in [-0.3, -0.25) is 14.6 Å². The van der Waals surface area contributed by atoms with Crippen LogP contribution in [-0.4, -0.2) is 43.4 Å². The van der Waals surface area contributed by atoms with Crippen molar-refractivity contribution in [2.45, 2.75) is 32.4 Å². The van der Waals surface area contributed by atoms with E-state index in [9.17, 15) is 4.79 Å². The number of hydrogen-bond donors (Lipinski definition) is 1. The van der Waals surface area contributed by atoms with Gasteiger partial charge in [0.25, 0.3) is 5.91 Å². The van der Waals surface area contributed by atoms with Crippen molar-refractivity contribution in [3.63, 3.8) is 0 Å². The van der Waals surface area contributed by atoms with Crippen LogP contribution in [0, 0.1) is 6.92 Å².